The maximum absolute atomic E-state index is 5.90. The summed E-state index contributed by atoms with van der Waals surface area (Å²) in [4.78, 5) is 7.36. The molecule has 0 aliphatic carbocycles. The lowest BCUT2D eigenvalue weighted by Gasteiger charge is -2.31. The highest BCUT2D eigenvalue weighted by Gasteiger charge is 2.22. The van der Waals surface area contributed by atoms with Gasteiger partial charge in [-0.25, -0.2) is 4.98 Å². The third kappa shape index (κ3) is 6.66. The fourth-order valence-electron chi connectivity index (χ4n) is 2.40. The second-order valence-electron chi connectivity index (χ2n) is 6.64. The highest BCUT2D eigenvalue weighted by Crippen LogP contribution is 2.29. The first kappa shape index (κ1) is 18.9. The minimum Gasteiger partial charge on any atom is -0.294 e. The molecule has 0 amide bonds. The lowest BCUT2D eigenvalue weighted by Crippen LogP contribution is -2.32. The molecule has 0 saturated carbocycles. The summed E-state index contributed by atoms with van der Waals surface area (Å²) in [5.41, 5.74) is 1.02. The van der Waals surface area contributed by atoms with Crippen LogP contribution in [0.25, 0.3) is 0 Å². The van der Waals surface area contributed by atoms with Crippen molar-refractivity contribution in [1.82, 2.24) is 9.88 Å². The molecule has 1 aromatic heterocycles. The summed E-state index contributed by atoms with van der Waals surface area (Å²) in [6, 6.07) is 0.449. The van der Waals surface area contributed by atoms with Gasteiger partial charge < -0.3 is 0 Å². The molecule has 1 aromatic rings. The molecule has 0 bridgehead atoms. The van der Waals surface area contributed by atoms with Crippen LogP contribution in [0, 0.1) is 11.8 Å². The summed E-state index contributed by atoms with van der Waals surface area (Å²) in [5, 5.41) is 3.34. The zero-order valence-corrected chi connectivity index (χ0v) is 15.8. The Labute approximate surface area is 139 Å². The van der Waals surface area contributed by atoms with Gasteiger partial charge in [0.25, 0.3) is 0 Å². The molecule has 0 spiro atoms. The Hall–Kier alpha value is -0.120. The van der Waals surface area contributed by atoms with Gasteiger partial charge in [0.15, 0.2) is 0 Å². The summed E-state index contributed by atoms with van der Waals surface area (Å²) in [7, 11) is 0. The number of halogens is 1. The number of alkyl halides is 1. The van der Waals surface area contributed by atoms with Crippen molar-refractivity contribution in [3.05, 3.63) is 16.1 Å². The van der Waals surface area contributed by atoms with Crippen molar-refractivity contribution in [3.63, 3.8) is 0 Å². The predicted molar refractivity (Wildman–Crippen MR) is 95.2 cm³/mol. The van der Waals surface area contributed by atoms with Gasteiger partial charge in [-0.15, -0.1) is 22.9 Å². The Morgan fingerprint density at radius 2 is 1.71 bits per heavy atom. The maximum Gasteiger partial charge on any atom is 0.110 e. The quantitative estimate of drug-likeness (QED) is 0.509. The van der Waals surface area contributed by atoms with Crippen LogP contribution in [-0.4, -0.2) is 23.0 Å². The van der Waals surface area contributed by atoms with Crippen LogP contribution in [0.5, 0.6) is 0 Å². The van der Waals surface area contributed by atoms with Gasteiger partial charge in [-0.05, 0) is 44.2 Å². The Balaban J connectivity index is 2.79. The van der Waals surface area contributed by atoms with Crippen molar-refractivity contribution in [2.24, 2.45) is 11.8 Å². The molecule has 0 fully saturated rings. The van der Waals surface area contributed by atoms with Crippen LogP contribution in [0.15, 0.2) is 5.38 Å². The summed E-state index contributed by atoms with van der Waals surface area (Å²) < 4.78 is 0. The molecule has 4 heteroatoms. The van der Waals surface area contributed by atoms with Crippen molar-refractivity contribution in [2.75, 3.05) is 13.1 Å². The van der Waals surface area contributed by atoms with Gasteiger partial charge in [-0.1, -0.05) is 34.6 Å². The van der Waals surface area contributed by atoms with Crippen LogP contribution in [0.2, 0.25) is 0 Å². The van der Waals surface area contributed by atoms with Crippen molar-refractivity contribution < 1.29 is 0 Å². The molecule has 122 valence electrons. The van der Waals surface area contributed by atoms with Crippen LogP contribution in [0.3, 0.4) is 0 Å². The van der Waals surface area contributed by atoms with Gasteiger partial charge in [0.05, 0.1) is 17.6 Å². The van der Waals surface area contributed by atoms with E-state index in [0.717, 1.165) is 24.0 Å². The van der Waals surface area contributed by atoms with E-state index < -0.39 is 0 Å². The molecule has 0 radical (unpaired) electrons. The van der Waals surface area contributed by atoms with Crippen LogP contribution in [0.4, 0.5) is 0 Å². The van der Waals surface area contributed by atoms with Gasteiger partial charge in [-0.2, -0.15) is 0 Å². The average molecular weight is 331 g/mol. The first-order chi connectivity index (χ1) is 9.97. The predicted octanol–water partition coefficient (Wildman–Crippen LogP) is 5.73. The van der Waals surface area contributed by atoms with E-state index in [4.69, 9.17) is 16.6 Å². The number of hydrogen-bond donors (Lipinski definition) is 0. The van der Waals surface area contributed by atoms with Gasteiger partial charge in [-0.3, -0.25) is 4.90 Å². The van der Waals surface area contributed by atoms with Gasteiger partial charge in [0.2, 0.25) is 0 Å². The van der Waals surface area contributed by atoms with Gasteiger partial charge in [0.1, 0.15) is 5.01 Å². The number of aromatic nitrogens is 1. The fourth-order valence-corrected chi connectivity index (χ4v) is 3.66. The molecule has 2 nitrogen and oxygen atoms in total. The third-order valence-corrected chi connectivity index (χ3v) is 5.07. The Bertz CT molecular complexity index is 378. The first-order valence-corrected chi connectivity index (χ1v) is 9.63. The topological polar surface area (TPSA) is 16.1 Å². The summed E-state index contributed by atoms with van der Waals surface area (Å²) in [6.07, 6.45) is 3.62. The zero-order chi connectivity index (χ0) is 15.8. The molecule has 1 unspecified atom stereocenters. The van der Waals surface area contributed by atoms with E-state index in [1.54, 1.807) is 11.3 Å². The fraction of sp³-hybridized carbons (Fsp3) is 0.824. The number of rotatable bonds is 10. The normalized spacial score (nSPS) is 13.6. The monoisotopic (exact) mass is 330 g/mol. The standard InChI is InChI=1S/C17H31ClN2S/c1-6-16(17-19-15(11-18)12-21-17)20(9-7-13(2)3)10-8-14(4)5/h12-14,16H,6-11H2,1-5H3. The van der Waals surface area contributed by atoms with Crippen molar-refractivity contribution in [3.8, 4) is 0 Å². The molecular weight excluding hydrogens is 300 g/mol. The van der Waals surface area contributed by atoms with Gasteiger partial charge >= 0.3 is 0 Å². The summed E-state index contributed by atoms with van der Waals surface area (Å²) in [5.74, 6) is 2.02. The maximum atomic E-state index is 5.90. The van der Waals surface area contributed by atoms with Crippen molar-refractivity contribution in [2.45, 2.75) is 65.8 Å². The number of thiazole rings is 1. The molecule has 0 aromatic carbocycles. The lowest BCUT2D eigenvalue weighted by molar-refractivity contribution is 0.172. The highest BCUT2D eigenvalue weighted by molar-refractivity contribution is 7.09. The molecule has 21 heavy (non-hydrogen) atoms. The lowest BCUT2D eigenvalue weighted by atomic mass is 10.1. The molecule has 0 aliphatic heterocycles. The first-order valence-electron chi connectivity index (χ1n) is 8.22. The van der Waals surface area contributed by atoms with E-state index >= 15 is 0 Å². The largest absolute Gasteiger partial charge is 0.294 e. The molecule has 0 aliphatic rings. The van der Waals surface area contributed by atoms with Crippen LogP contribution in [0.1, 0.15) is 70.6 Å². The van der Waals surface area contributed by atoms with E-state index in [1.165, 1.54) is 30.9 Å². The third-order valence-electron chi connectivity index (χ3n) is 3.81. The second-order valence-corrected chi connectivity index (χ2v) is 7.79. The van der Waals surface area contributed by atoms with E-state index in [9.17, 15) is 0 Å². The SMILES string of the molecule is CCC(c1nc(CCl)cs1)N(CCC(C)C)CCC(C)C. The Morgan fingerprint density at radius 1 is 1.14 bits per heavy atom. The zero-order valence-electron chi connectivity index (χ0n) is 14.2. The highest BCUT2D eigenvalue weighted by atomic mass is 35.5. The summed E-state index contributed by atoms with van der Waals surface area (Å²) in [6.45, 7) is 13.8. The van der Waals surface area contributed by atoms with E-state index in [1.807, 2.05) is 0 Å². The van der Waals surface area contributed by atoms with Crippen LogP contribution < -0.4 is 0 Å². The van der Waals surface area contributed by atoms with Gasteiger partial charge in [0, 0.05) is 5.38 Å². The molecule has 1 rings (SSSR count). The molecule has 1 atom stereocenters. The van der Waals surface area contributed by atoms with E-state index in [-0.39, 0.29) is 0 Å². The average Bonchev–Trinajstić information content (AvgIpc) is 2.90. The molecule has 0 N–H and O–H groups in total. The molecule has 1 heterocycles. The smallest absolute Gasteiger partial charge is 0.110 e. The number of hydrogen-bond acceptors (Lipinski definition) is 3. The minimum absolute atomic E-state index is 0.449. The Morgan fingerprint density at radius 3 is 2.10 bits per heavy atom. The minimum atomic E-state index is 0.449. The van der Waals surface area contributed by atoms with Crippen LogP contribution >= 0.6 is 22.9 Å². The van der Waals surface area contributed by atoms with Crippen molar-refractivity contribution >= 4 is 22.9 Å². The molecular formula is C17H31ClN2S. The van der Waals surface area contributed by atoms with E-state index in [0.29, 0.717) is 11.9 Å². The van der Waals surface area contributed by atoms with E-state index in [2.05, 4.69) is 44.9 Å². The summed E-state index contributed by atoms with van der Waals surface area (Å²) >= 11 is 7.67. The Kier molecular flexibility index (Phi) is 8.84. The molecule has 0 saturated heterocycles. The van der Waals surface area contributed by atoms with Crippen LogP contribution in [-0.2, 0) is 5.88 Å². The second kappa shape index (κ2) is 9.81. The van der Waals surface area contributed by atoms with Crippen molar-refractivity contribution in [1.29, 1.82) is 0 Å². The number of nitrogens with zero attached hydrogens (tertiary/aromatic N) is 2.